The first-order valence-electron chi connectivity index (χ1n) is 22.3. The zero-order valence-electron chi connectivity index (χ0n) is 37.2. The van der Waals surface area contributed by atoms with Gasteiger partial charge in [-0.2, -0.15) is 11.8 Å². The fraction of sp³-hybridized carbons (Fsp3) is 0.614. The number of nitrogens with one attached hydrogen (secondary N) is 7. The van der Waals surface area contributed by atoms with Gasteiger partial charge in [0.15, 0.2) is 5.11 Å². The second-order valence-corrected chi connectivity index (χ2v) is 19.2. The topological polar surface area (TPSA) is 230 Å². The molecule has 7 N–H and O–H groups in total. The van der Waals surface area contributed by atoms with Crippen LogP contribution in [0.4, 0.5) is 10.5 Å². The molecule has 18 nitrogen and oxygen atoms in total. The number of urea groups is 1. The minimum atomic E-state index is -0.882. The van der Waals surface area contributed by atoms with Gasteiger partial charge in [-0.1, -0.05) is 46.2 Å². The third kappa shape index (κ3) is 15.2. The van der Waals surface area contributed by atoms with Crippen LogP contribution in [0.1, 0.15) is 84.6 Å². The third-order valence-corrected chi connectivity index (χ3v) is 13.2. The SMILES string of the molecule is CC(C)C[C@H](NC(=O)CCCN1C(=O)C=CC1=O)C(=O)N[C@@H](CC(C)C)C(=O)N1CCN(C(=O)CNC(=S)Nc2ccc(CNC(=O)CCCC[C@@H]3SC[C@@H]4NC(=O)N[C@@H]43)cc2)CC1. The average Bonchev–Trinajstić information content (AvgIpc) is 3.92. The summed E-state index contributed by atoms with van der Waals surface area (Å²) in [5.41, 5.74) is 1.65. The van der Waals surface area contributed by atoms with Crippen molar-refractivity contribution in [3.8, 4) is 0 Å². The largest absolute Gasteiger partial charge is 0.353 e. The van der Waals surface area contributed by atoms with Gasteiger partial charge in [-0.25, -0.2) is 4.79 Å². The molecule has 3 saturated heterocycles. The van der Waals surface area contributed by atoms with Crippen molar-refractivity contribution >= 4 is 82.2 Å². The molecule has 5 rings (SSSR count). The van der Waals surface area contributed by atoms with Crippen LogP contribution in [0, 0.1) is 11.8 Å². The van der Waals surface area contributed by atoms with E-state index in [0.717, 1.165) is 41.2 Å². The molecule has 0 saturated carbocycles. The number of thiocarbonyl (C=S) groups is 1. The van der Waals surface area contributed by atoms with Crippen molar-refractivity contribution in [2.24, 2.45) is 11.8 Å². The summed E-state index contributed by atoms with van der Waals surface area (Å²) in [7, 11) is 0. The van der Waals surface area contributed by atoms with E-state index < -0.39 is 35.7 Å². The van der Waals surface area contributed by atoms with Gasteiger partial charge in [-0.05, 0) is 73.9 Å². The third-order valence-electron chi connectivity index (χ3n) is 11.5. The predicted octanol–water partition coefficient (Wildman–Crippen LogP) is 1.75. The quantitative estimate of drug-likeness (QED) is 0.0382. The number of nitrogens with zero attached hydrogens (tertiary/aromatic N) is 3. The number of anilines is 1. The van der Waals surface area contributed by atoms with Crippen LogP contribution < -0.4 is 37.2 Å². The highest BCUT2D eigenvalue weighted by molar-refractivity contribution is 8.00. The van der Waals surface area contributed by atoms with Gasteiger partial charge in [0, 0.05) is 81.0 Å². The number of fused-ring (bicyclic) bond motifs is 1. The second kappa shape index (κ2) is 24.2. The first-order valence-corrected chi connectivity index (χ1v) is 23.8. The molecular weight excluding hydrogens is 861 g/mol. The summed E-state index contributed by atoms with van der Waals surface area (Å²) < 4.78 is 0. The molecule has 3 fully saturated rings. The van der Waals surface area contributed by atoms with Crippen LogP contribution in [-0.4, -0.2) is 142 Å². The highest BCUT2D eigenvalue weighted by Crippen LogP contribution is 2.33. The van der Waals surface area contributed by atoms with E-state index in [1.165, 1.54) is 12.2 Å². The number of piperazine rings is 1. The minimum absolute atomic E-state index is 0.00578. The molecule has 0 aromatic heterocycles. The Morgan fingerprint density at radius 1 is 0.781 bits per heavy atom. The van der Waals surface area contributed by atoms with Crippen LogP contribution >= 0.6 is 24.0 Å². The van der Waals surface area contributed by atoms with E-state index in [9.17, 15) is 38.4 Å². The number of unbranched alkanes of at least 4 members (excludes halogenated alkanes) is 1. The molecular formula is C44H64N10O8S2. The zero-order chi connectivity index (χ0) is 46.3. The average molecular weight is 925 g/mol. The van der Waals surface area contributed by atoms with Crippen molar-refractivity contribution in [3.05, 3.63) is 42.0 Å². The number of thioether (sulfide) groups is 1. The molecule has 0 unspecified atom stereocenters. The van der Waals surface area contributed by atoms with Gasteiger partial charge >= 0.3 is 6.03 Å². The Balaban J connectivity index is 0.976. The molecule has 4 aliphatic heterocycles. The molecule has 4 aliphatic rings. The van der Waals surface area contributed by atoms with E-state index in [2.05, 4.69) is 37.2 Å². The standard InChI is InChI=1S/C44H64N10O8S2/c1-27(2)22-31(48-36(56)10-7-17-54-37(57)15-16-38(54)58)41(60)49-32(23-28(3)4)42(61)53-20-18-52(19-21-53)39(59)25-46-44(63)47-30-13-11-29(12-14-30)24-45-35(55)9-6-5-8-34-40-33(26-64-34)50-43(62)51-40/h11-16,27-28,31-34,40H,5-10,17-26H2,1-4H3,(H,45,55)(H,48,56)(H,49,60)(H2,46,47,63)(H2,50,51,62)/t31-,32-,33-,34-,40-/m0/s1. The molecule has 4 heterocycles. The first-order chi connectivity index (χ1) is 30.6. The lowest BCUT2D eigenvalue weighted by Crippen LogP contribution is -2.58. The summed E-state index contributed by atoms with van der Waals surface area (Å²) in [4.78, 5) is 105. The Kier molecular flexibility index (Phi) is 18.8. The lowest BCUT2D eigenvalue weighted by Gasteiger charge is -2.37. The van der Waals surface area contributed by atoms with Crippen molar-refractivity contribution in [1.82, 2.24) is 46.6 Å². The fourth-order valence-corrected chi connectivity index (χ4v) is 9.83. The molecule has 0 radical (unpaired) electrons. The van der Waals surface area contributed by atoms with E-state index in [4.69, 9.17) is 12.2 Å². The summed E-state index contributed by atoms with van der Waals surface area (Å²) in [6.45, 7) is 9.41. The maximum atomic E-state index is 13.8. The van der Waals surface area contributed by atoms with Gasteiger partial charge in [0.1, 0.15) is 12.1 Å². The van der Waals surface area contributed by atoms with Crippen molar-refractivity contribution in [2.45, 2.75) is 115 Å². The minimum Gasteiger partial charge on any atom is -0.353 e. The monoisotopic (exact) mass is 924 g/mol. The number of amides is 9. The van der Waals surface area contributed by atoms with Gasteiger partial charge in [-0.15, -0.1) is 0 Å². The molecule has 0 aliphatic carbocycles. The van der Waals surface area contributed by atoms with Gasteiger partial charge in [0.25, 0.3) is 11.8 Å². The summed E-state index contributed by atoms with van der Waals surface area (Å²) in [5, 5.41) is 21.3. The first kappa shape index (κ1) is 49.8. The molecule has 1 aromatic carbocycles. The van der Waals surface area contributed by atoms with Crippen molar-refractivity contribution in [2.75, 3.05) is 50.3 Å². The molecule has 5 atom stereocenters. The number of benzene rings is 1. The van der Waals surface area contributed by atoms with E-state index in [0.29, 0.717) is 44.1 Å². The van der Waals surface area contributed by atoms with Crippen molar-refractivity contribution in [3.63, 3.8) is 0 Å². The lowest BCUT2D eigenvalue weighted by atomic mass is 9.99. The highest BCUT2D eigenvalue weighted by atomic mass is 32.2. The smallest absolute Gasteiger partial charge is 0.315 e. The van der Waals surface area contributed by atoms with Gasteiger partial charge in [0.05, 0.1) is 18.6 Å². The Bertz CT molecular complexity index is 1890. The fourth-order valence-electron chi connectivity index (χ4n) is 8.09. The molecule has 9 amide bonds. The maximum Gasteiger partial charge on any atom is 0.315 e. The van der Waals surface area contributed by atoms with Crippen molar-refractivity contribution in [1.29, 1.82) is 0 Å². The zero-order valence-corrected chi connectivity index (χ0v) is 38.9. The number of imide groups is 1. The number of carbonyl (C=O) groups is 8. The van der Waals surface area contributed by atoms with Gasteiger partial charge < -0.3 is 47.0 Å². The van der Waals surface area contributed by atoms with Crippen LogP contribution in [0.25, 0.3) is 0 Å². The van der Waals surface area contributed by atoms with Crippen LogP contribution in [0.5, 0.6) is 0 Å². The maximum absolute atomic E-state index is 13.8. The van der Waals surface area contributed by atoms with E-state index in [-0.39, 0.29) is 91.8 Å². The van der Waals surface area contributed by atoms with Gasteiger partial charge in [0.2, 0.25) is 29.5 Å². The molecule has 20 heteroatoms. The highest BCUT2D eigenvalue weighted by Gasteiger charge is 2.42. The second-order valence-electron chi connectivity index (χ2n) is 17.6. The summed E-state index contributed by atoms with van der Waals surface area (Å²) >= 11 is 7.32. The Morgan fingerprint density at radius 2 is 1.42 bits per heavy atom. The number of rotatable bonds is 22. The Labute approximate surface area is 384 Å². The molecule has 350 valence electrons. The van der Waals surface area contributed by atoms with E-state index in [1.54, 1.807) is 9.80 Å². The predicted molar refractivity (Wildman–Crippen MR) is 247 cm³/mol. The van der Waals surface area contributed by atoms with Crippen LogP contribution in [-0.2, 0) is 40.1 Å². The normalized spacial score (nSPS) is 20.1. The summed E-state index contributed by atoms with van der Waals surface area (Å²) in [5.74, 6) is -1.06. The molecule has 0 bridgehead atoms. The number of hydrogen-bond acceptors (Lipinski definition) is 10. The van der Waals surface area contributed by atoms with Crippen LogP contribution in [0.15, 0.2) is 36.4 Å². The molecule has 1 aromatic rings. The molecule has 0 spiro atoms. The Hall–Kier alpha value is -5.24. The van der Waals surface area contributed by atoms with E-state index in [1.807, 2.05) is 63.7 Å². The lowest BCUT2D eigenvalue weighted by molar-refractivity contribution is -0.142. The Morgan fingerprint density at radius 3 is 2.09 bits per heavy atom. The molecule has 64 heavy (non-hydrogen) atoms. The van der Waals surface area contributed by atoms with E-state index >= 15 is 0 Å². The number of carbonyl (C=O) groups excluding carboxylic acids is 8. The van der Waals surface area contributed by atoms with Gasteiger partial charge in [-0.3, -0.25) is 38.5 Å². The van der Waals surface area contributed by atoms with Crippen LogP contribution in [0.2, 0.25) is 0 Å². The van der Waals surface area contributed by atoms with Crippen LogP contribution in [0.3, 0.4) is 0 Å². The number of hydrogen-bond donors (Lipinski definition) is 7. The summed E-state index contributed by atoms with van der Waals surface area (Å²) in [6, 6.07) is 6.06. The van der Waals surface area contributed by atoms with Crippen molar-refractivity contribution < 1.29 is 38.4 Å². The summed E-state index contributed by atoms with van der Waals surface area (Å²) in [6.07, 6.45) is 6.49.